The number of hydrogen-bond donors (Lipinski definition) is 3. The number of amides is 2. The molecule has 0 aliphatic rings. The van der Waals surface area contributed by atoms with E-state index in [0.29, 0.717) is 23.7 Å². The molecule has 5 nitrogen and oxygen atoms in total. The first-order chi connectivity index (χ1) is 8.50. The lowest BCUT2D eigenvalue weighted by atomic mass is 10.2. The molecule has 0 fully saturated rings. The van der Waals surface area contributed by atoms with Crippen molar-refractivity contribution >= 4 is 29.3 Å². The fraction of sp³-hybridized carbons (Fsp3) is 0.333. The molecule has 0 unspecified atom stereocenters. The highest BCUT2D eigenvalue weighted by Gasteiger charge is 2.07. The molecule has 3 N–H and O–H groups in total. The molecule has 0 heterocycles. The lowest BCUT2D eigenvalue weighted by Gasteiger charge is -2.11. The van der Waals surface area contributed by atoms with E-state index in [-0.39, 0.29) is 6.42 Å². The van der Waals surface area contributed by atoms with Crippen LogP contribution in [-0.2, 0) is 4.79 Å². The molecule has 1 rings (SSSR count). The Bertz CT molecular complexity index is 429. The molecule has 6 heteroatoms. The van der Waals surface area contributed by atoms with Crippen LogP contribution in [0.5, 0.6) is 0 Å². The average Bonchev–Trinajstić information content (AvgIpc) is 2.29. The smallest absolute Gasteiger partial charge is 0.319 e. The molecule has 0 saturated carbocycles. The number of halogens is 1. The highest BCUT2D eigenvalue weighted by atomic mass is 35.5. The number of carbonyl (C=O) groups excluding carboxylic acids is 1. The molecule has 0 bridgehead atoms. The average molecular weight is 271 g/mol. The first-order valence-corrected chi connectivity index (χ1v) is 5.90. The normalized spacial score (nSPS) is 9.89. The Morgan fingerprint density at radius 1 is 1.39 bits per heavy atom. The van der Waals surface area contributed by atoms with Crippen molar-refractivity contribution < 1.29 is 14.7 Å². The topological polar surface area (TPSA) is 78.4 Å². The van der Waals surface area contributed by atoms with Crippen molar-refractivity contribution in [2.75, 3.05) is 11.9 Å². The lowest BCUT2D eigenvalue weighted by molar-refractivity contribution is -0.137. The van der Waals surface area contributed by atoms with Crippen LogP contribution in [0.3, 0.4) is 0 Å². The molecule has 0 atom stereocenters. The number of carbonyl (C=O) groups is 2. The van der Waals surface area contributed by atoms with Gasteiger partial charge in [0.05, 0.1) is 10.7 Å². The Balaban J connectivity index is 2.43. The maximum Gasteiger partial charge on any atom is 0.319 e. The minimum atomic E-state index is -0.876. The first-order valence-electron chi connectivity index (χ1n) is 5.52. The van der Waals surface area contributed by atoms with E-state index in [1.807, 2.05) is 13.0 Å². The Hall–Kier alpha value is -1.75. The zero-order chi connectivity index (χ0) is 13.5. The molecule has 98 valence electrons. The Morgan fingerprint density at radius 2 is 2.11 bits per heavy atom. The summed E-state index contributed by atoms with van der Waals surface area (Å²) in [7, 11) is 0. The summed E-state index contributed by atoms with van der Waals surface area (Å²) < 4.78 is 0. The fourth-order valence-corrected chi connectivity index (χ4v) is 1.66. The van der Waals surface area contributed by atoms with Crippen molar-refractivity contribution in [3.8, 4) is 0 Å². The molecule has 18 heavy (non-hydrogen) atoms. The van der Waals surface area contributed by atoms with Crippen molar-refractivity contribution in [2.24, 2.45) is 0 Å². The minimum Gasteiger partial charge on any atom is -0.481 e. The molecule has 0 aromatic heterocycles. The van der Waals surface area contributed by atoms with Crippen LogP contribution < -0.4 is 10.6 Å². The summed E-state index contributed by atoms with van der Waals surface area (Å²) in [5.41, 5.74) is 1.43. The molecule has 0 aliphatic carbocycles. The molecule has 0 aliphatic heterocycles. The highest BCUT2D eigenvalue weighted by molar-refractivity contribution is 6.33. The number of carboxylic acids is 1. The van der Waals surface area contributed by atoms with Gasteiger partial charge in [-0.3, -0.25) is 4.79 Å². The molecule has 0 radical (unpaired) electrons. The largest absolute Gasteiger partial charge is 0.481 e. The second-order valence-electron chi connectivity index (χ2n) is 3.81. The van der Waals surface area contributed by atoms with E-state index in [1.165, 1.54) is 0 Å². The monoisotopic (exact) mass is 270 g/mol. The van der Waals surface area contributed by atoms with E-state index >= 15 is 0 Å². The number of urea groups is 1. The quantitative estimate of drug-likeness (QED) is 0.720. The summed E-state index contributed by atoms with van der Waals surface area (Å²) in [5, 5.41) is 14.1. The van der Waals surface area contributed by atoms with Gasteiger partial charge in [0.25, 0.3) is 0 Å². The number of carboxylic acid groups (broad SMARTS) is 1. The van der Waals surface area contributed by atoms with Gasteiger partial charge in [-0.15, -0.1) is 0 Å². The van der Waals surface area contributed by atoms with E-state index in [9.17, 15) is 9.59 Å². The Labute approximate surface area is 110 Å². The van der Waals surface area contributed by atoms with E-state index in [1.54, 1.807) is 12.1 Å². The van der Waals surface area contributed by atoms with Crippen molar-refractivity contribution in [1.82, 2.24) is 5.32 Å². The zero-order valence-electron chi connectivity index (χ0n) is 10.00. The van der Waals surface area contributed by atoms with Gasteiger partial charge < -0.3 is 15.7 Å². The lowest BCUT2D eigenvalue weighted by Crippen LogP contribution is -2.30. The third kappa shape index (κ3) is 4.63. The molecular weight excluding hydrogens is 256 g/mol. The van der Waals surface area contributed by atoms with Crippen molar-refractivity contribution in [1.29, 1.82) is 0 Å². The van der Waals surface area contributed by atoms with Gasteiger partial charge in [-0.1, -0.05) is 23.7 Å². The summed E-state index contributed by atoms with van der Waals surface area (Å²) in [5.74, 6) is -0.876. The van der Waals surface area contributed by atoms with Gasteiger partial charge in [0.15, 0.2) is 0 Å². The van der Waals surface area contributed by atoms with Gasteiger partial charge in [0, 0.05) is 13.0 Å². The third-order valence-electron chi connectivity index (χ3n) is 2.31. The highest BCUT2D eigenvalue weighted by Crippen LogP contribution is 2.24. The van der Waals surface area contributed by atoms with Crippen LogP contribution in [0, 0.1) is 6.92 Å². The zero-order valence-corrected chi connectivity index (χ0v) is 10.8. The standard InChI is InChI=1S/C12H15ClN2O3/c1-8-4-2-5-9(13)11(8)15-12(18)14-7-3-6-10(16)17/h2,4-5H,3,6-7H2,1H3,(H,16,17)(H2,14,15,18). The number of benzene rings is 1. The summed E-state index contributed by atoms with van der Waals surface area (Å²) >= 11 is 5.96. The van der Waals surface area contributed by atoms with Crippen LogP contribution in [-0.4, -0.2) is 23.7 Å². The van der Waals surface area contributed by atoms with Crippen LogP contribution in [0.4, 0.5) is 10.5 Å². The van der Waals surface area contributed by atoms with Gasteiger partial charge in [-0.25, -0.2) is 4.79 Å². The number of nitrogens with one attached hydrogen (secondary N) is 2. The number of anilines is 1. The van der Waals surface area contributed by atoms with Crippen LogP contribution in [0.1, 0.15) is 18.4 Å². The fourth-order valence-electron chi connectivity index (χ4n) is 1.39. The second kappa shape index (κ2) is 6.86. The molecule has 2 amide bonds. The predicted molar refractivity (Wildman–Crippen MR) is 70.1 cm³/mol. The first kappa shape index (κ1) is 14.3. The number of rotatable bonds is 5. The Morgan fingerprint density at radius 3 is 2.72 bits per heavy atom. The molecule has 0 spiro atoms. The number of para-hydroxylation sites is 1. The van der Waals surface area contributed by atoms with Gasteiger partial charge in [-0.2, -0.15) is 0 Å². The molecular formula is C12H15ClN2O3. The second-order valence-corrected chi connectivity index (χ2v) is 4.22. The molecule has 0 saturated heterocycles. The van der Waals surface area contributed by atoms with Gasteiger partial charge in [-0.05, 0) is 25.0 Å². The van der Waals surface area contributed by atoms with Crippen LogP contribution in [0.2, 0.25) is 5.02 Å². The van der Waals surface area contributed by atoms with E-state index in [2.05, 4.69) is 10.6 Å². The van der Waals surface area contributed by atoms with Crippen LogP contribution >= 0.6 is 11.6 Å². The summed E-state index contributed by atoms with van der Waals surface area (Å²) in [6.07, 6.45) is 0.426. The third-order valence-corrected chi connectivity index (χ3v) is 2.63. The van der Waals surface area contributed by atoms with Gasteiger partial charge in [0.2, 0.25) is 0 Å². The number of hydrogen-bond acceptors (Lipinski definition) is 2. The van der Waals surface area contributed by atoms with Crippen LogP contribution in [0.15, 0.2) is 18.2 Å². The maximum absolute atomic E-state index is 11.5. The SMILES string of the molecule is Cc1cccc(Cl)c1NC(=O)NCCCC(=O)O. The summed E-state index contributed by atoms with van der Waals surface area (Å²) in [4.78, 5) is 21.8. The number of aliphatic carboxylic acids is 1. The van der Waals surface area contributed by atoms with E-state index < -0.39 is 12.0 Å². The van der Waals surface area contributed by atoms with Crippen molar-refractivity contribution in [3.05, 3.63) is 28.8 Å². The van der Waals surface area contributed by atoms with Crippen LogP contribution in [0.25, 0.3) is 0 Å². The minimum absolute atomic E-state index is 0.0331. The van der Waals surface area contributed by atoms with E-state index in [0.717, 1.165) is 5.56 Å². The van der Waals surface area contributed by atoms with Gasteiger partial charge >= 0.3 is 12.0 Å². The van der Waals surface area contributed by atoms with E-state index in [4.69, 9.17) is 16.7 Å². The van der Waals surface area contributed by atoms with Crippen molar-refractivity contribution in [2.45, 2.75) is 19.8 Å². The predicted octanol–water partition coefficient (Wildman–Crippen LogP) is 2.63. The number of aryl methyl sites for hydroxylation is 1. The molecule has 1 aromatic carbocycles. The van der Waals surface area contributed by atoms with Gasteiger partial charge in [0.1, 0.15) is 0 Å². The summed E-state index contributed by atoms with van der Waals surface area (Å²) in [6.45, 7) is 2.15. The maximum atomic E-state index is 11.5. The Kier molecular flexibility index (Phi) is 5.45. The summed E-state index contributed by atoms with van der Waals surface area (Å²) in [6, 6.07) is 4.94. The van der Waals surface area contributed by atoms with Crippen molar-refractivity contribution in [3.63, 3.8) is 0 Å². The molecule has 1 aromatic rings.